The van der Waals surface area contributed by atoms with Gasteiger partial charge in [0.25, 0.3) is 0 Å². The van der Waals surface area contributed by atoms with Crippen molar-refractivity contribution < 1.29 is 43.6 Å². The first kappa shape index (κ1) is 32.9. The van der Waals surface area contributed by atoms with Crippen LogP contribution in [-0.2, 0) is 30.3 Å². The van der Waals surface area contributed by atoms with E-state index in [1.807, 2.05) is 25.1 Å². The molecule has 0 aliphatic heterocycles. The summed E-state index contributed by atoms with van der Waals surface area (Å²) in [4.78, 5) is 50.3. The molecular formula is C35H45NO9. The van der Waals surface area contributed by atoms with Gasteiger partial charge >= 0.3 is 5.97 Å². The number of aliphatic hydroxyl groups excluding tert-OH is 1. The quantitative estimate of drug-likeness (QED) is 0.316. The molecule has 244 valence electrons. The number of aliphatic hydroxyl groups is 2. The lowest BCUT2D eigenvalue weighted by Gasteiger charge is -2.59. The molecule has 1 amide bonds. The normalized spacial score (nSPS) is 33.3. The third-order valence-electron chi connectivity index (χ3n) is 11.2. The largest absolute Gasteiger partial charge is 0.493 e. The molecule has 0 radical (unpaired) electrons. The molecule has 45 heavy (non-hydrogen) atoms. The van der Waals surface area contributed by atoms with Crippen LogP contribution < -0.4 is 14.8 Å². The third-order valence-corrected chi connectivity index (χ3v) is 11.2. The van der Waals surface area contributed by atoms with Crippen LogP contribution in [0.4, 0.5) is 0 Å². The second-order valence-electron chi connectivity index (χ2n) is 13.5. The number of nitrogens with one attached hydrogen (secondary N) is 1. The first-order valence-electron chi connectivity index (χ1n) is 15.9. The van der Waals surface area contributed by atoms with Gasteiger partial charge in [-0.1, -0.05) is 31.6 Å². The van der Waals surface area contributed by atoms with Gasteiger partial charge in [0.1, 0.15) is 5.60 Å². The highest BCUT2D eigenvalue weighted by Crippen LogP contribution is 2.67. The van der Waals surface area contributed by atoms with Gasteiger partial charge in [0.2, 0.25) is 11.7 Å². The number of hydrogen-bond donors (Lipinski definition) is 3. The standard InChI is InChI=1S/C35H45NO9/c1-33-14-11-23(37)18-22(33)6-7-24-25-12-15-35(42,34(25,2)19-26(38)32(24)33)29(39)20-45-31(41)10-9-30(40)36-16-13-21-5-8-27(43-3)28(17-21)44-4/h5,8,11,14,17-18,24-26,32,38,42H,6-7,9-10,12-13,15-16,19-20H2,1-4H3,(H,36,40). The van der Waals surface area contributed by atoms with Crippen molar-refractivity contribution in [1.82, 2.24) is 5.32 Å². The van der Waals surface area contributed by atoms with E-state index in [9.17, 15) is 29.4 Å². The molecule has 1 aromatic rings. The van der Waals surface area contributed by atoms with E-state index in [1.54, 1.807) is 32.4 Å². The minimum atomic E-state index is -1.74. The summed E-state index contributed by atoms with van der Waals surface area (Å²) in [6.45, 7) is 3.74. The number of hydrogen-bond acceptors (Lipinski definition) is 9. The van der Waals surface area contributed by atoms with Crippen molar-refractivity contribution in [2.75, 3.05) is 27.4 Å². The molecule has 3 saturated carbocycles. The Bertz CT molecular complexity index is 1420. The van der Waals surface area contributed by atoms with Gasteiger partial charge in [-0.25, -0.2) is 0 Å². The monoisotopic (exact) mass is 623 g/mol. The van der Waals surface area contributed by atoms with E-state index in [0.29, 0.717) is 30.9 Å². The lowest BCUT2D eigenvalue weighted by Crippen LogP contribution is -2.61. The highest BCUT2D eigenvalue weighted by Gasteiger charge is 2.68. The molecule has 7 unspecified atom stereocenters. The summed E-state index contributed by atoms with van der Waals surface area (Å²) >= 11 is 0. The minimum absolute atomic E-state index is 0.00246. The van der Waals surface area contributed by atoms with Crippen molar-refractivity contribution in [3.05, 3.63) is 47.6 Å². The van der Waals surface area contributed by atoms with Gasteiger partial charge in [-0.3, -0.25) is 19.2 Å². The summed E-state index contributed by atoms with van der Waals surface area (Å²) in [7, 11) is 3.12. The number of ketones is 2. The molecule has 3 fully saturated rings. The van der Waals surface area contributed by atoms with Gasteiger partial charge < -0.3 is 29.7 Å². The van der Waals surface area contributed by atoms with Crippen LogP contribution in [-0.4, -0.2) is 72.7 Å². The molecular weight excluding hydrogens is 578 g/mol. The Hall–Kier alpha value is -3.50. The number of amides is 1. The van der Waals surface area contributed by atoms with E-state index in [4.69, 9.17) is 14.2 Å². The van der Waals surface area contributed by atoms with E-state index in [1.165, 1.54) is 0 Å². The van der Waals surface area contributed by atoms with Gasteiger partial charge in [0.15, 0.2) is 23.9 Å². The molecule has 1 aromatic carbocycles. The first-order chi connectivity index (χ1) is 21.4. The zero-order valence-electron chi connectivity index (χ0n) is 26.6. The average Bonchev–Trinajstić information content (AvgIpc) is 3.29. The van der Waals surface area contributed by atoms with Gasteiger partial charge in [-0.05, 0) is 80.2 Å². The molecule has 0 spiro atoms. The molecule has 10 nitrogen and oxygen atoms in total. The molecule has 7 atom stereocenters. The van der Waals surface area contributed by atoms with Crippen LogP contribution in [0, 0.1) is 28.6 Å². The second-order valence-corrected chi connectivity index (χ2v) is 13.5. The highest BCUT2D eigenvalue weighted by molar-refractivity contribution is 6.01. The van der Waals surface area contributed by atoms with Crippen LogP contribution in [0.25, 0.3) is 0 Å². The number of carbonyl (C=O) groups excluding carboxylic acids is 4. The number of fused-ring (bicyclic) bond motifs is 5. The number of methoxy groups -OCH3 is 2. The van der Waals surface area contributed by atoms with Crippen molar-refractivity contribution >= 4 is 23.4 Å². The van der Waals surface area contributed by atoms with E-state index >= 15 is 0 Å². The Morgan fingerprint density at radius 3 is 2.56 bits per heavy atom. The maximum absolute atomic E-state index is 13.5. The first-order valence-corrected chi connectivity index (χ1v) is 15.9. The molecule has 5 rings (SSSR count). The van der Waals surface area contributed by atoms with Crippen LogP contribution in [0.2, 0.25) is 0 Å². The number of benzene rings is 1. The number of Topliss-reactive ketones (excluding diaryl/α,β-unsaturated/α-hetero) is 1. The SMILES string of the molecule is COc1ccc(CCNC(=O)CCC(=O)OCC(=O)C2(O)CCC3C4CCC5=CC(=O)C=CC5(C)C4C(O)CC32C)cc1OC. The molecule has 0 bridgehead atoms. The number of ether oxygens (including phenoxy) is 3. The summed E-state index contributed by atoms with van der Waals surface area (Å²) in [6.07, 6.45) is 7.33. The van der Waals surface area contributed by atoms with Gasteiger partial charge in [-0.15, -0.1) is 0 Å². The van der Waals surface area contributed by atoms with Crippen LogP contribution in [0.5, 0.6) is 11.5 Å². The minimum Gasteiger partial charge on any atom is -0.493 e. The van der Waals surface area contributed by atoms with Gasteiger partial charge in [0.05, 0.1) is 26.7 Å². The molecule has 10 heteroatoms. The van der Waals surface area contributed by atoms with Crippen LogP contribution >= 0.6 is 0 Å². The predicted molar refractivity (Wildman–Crippen MR) is 164 cm³/mol. The highest BCUT2D eigenvalue weighted by atomic mass is 16.5. The lowest BCUT2D eigenvalue weighted by atomic mass is 9.46. The summed E-state index contributed by atoms with van der Waals surface area (Å²) in [5, 5.41) is 26.1. The van der Waals surface area contributed by atoms with Crippen molar-refractivity contribution in [2.24, 2.45) is 28.6 Å². The Morgan fingerprint density at radius 1 is 1.07 bits per heavy atom. The zero-order valence-corrected chi connectivity index (χ0v) is 26.6. The zero-order chi connectivity index (χ0) is 32.6. The summed E-state index contributed by atoms with van der Waals surface area (Å²) < 4.78 is 15.8. The number of carbonyl (C=O) groups is 4. The molecule has 0 saturated heterocycles. The number of esters is 1. The van der Waals surface area contributed by atoms with E-state index < -0.39 is 40.9 Å². The predicted octanol–water partition coefficient (Wildman–Crippen LogP) is 3.26. The molecule has 0 heterocycles. The van der Waals surface area contributed by atoms with Crippen molar-refractivity contribution in [3.63, 3.8) is 0 Å². The molecule has 0 aromatic heterocycles. The summed E-state index contributed by atoms with van der Waals surface area (Å²) in [6, 6.07) is 5.52. The average molecular weight is 624 g/mol. The van der Waals surface area contributed by atoms with E-state index in [0.717, 1.165) is 24.0 Å². The van der Waals surface area contributed by atoms with Crippen molar-refractivity contribution in [2.45, 2.75) is 76.9 Å². The smallest absolute Gasteiger partial charge is 0.306 e. The van der Waals surface area contributed by atoms with Gasteiger partial charge in [0, 0.05) is 29.7 Å². The van der Waals surface area contributed by atoms with Gasteiger partial charge in [-0.2, -0.15) is 0 Å². The fourth-order valence-corrected chi connectivity index (χ4v) is 8.81. The Balaban J connectivity index is 1.11. The topological polar surface area (TPSA) is 148 Å². The summed E-state index contributed by atoms with van der Waals surface area (Å²) in [5.41, 5.74) is -1.05. The fraction of sp³-hybridized carbons (Fsp3) is 0.600. The Kier molecular flexibility index (Phi) is 9.29. The Morgan fingerprint density at radius 2 is 1.82 bits per heavy atom. The van der Waals surface area contributed by atoms with Crippen LogP contribution in [0.3, 0.4) is 0 Å². The Labute approximate surface area is 264 Å². The molecule has 4 aliphatic carbocycles. The number of allylic oxidation sites excluding steroid dienone is 4. The van der Waals surface area contributed by atoms with E-state index in [2.05, 4.69) is 12.2 Å². The van der Waals surface area contributed by atoms with Crippen LogP contribution in [0.1, 0.15) is 64.4 Å². The summed E-state index contributed by atoms with van der Waals surface area (Å²) in [5.74, 6) is -0.419. The number of rotatable bonds is 11. The maximum atomic E-state index is 13.5. The third kappa shape index (κ3) is 5.94. The molecule has 4 aliphatic rings. The van der Waals surface area contributed by atoms with Crippen LogP contribution in [0.15, 0.2) is 42.0 Å². The van der Waals surface area contributed by atoms with Crippen molar-refractivity contribution in [1.29, 1.82) is 0 Å². The van der Waals surface area contributed by atoms with E-state index in [-0.39, 0.29) is 55.1 Å². The lowest BCUT2D eigenvalue weighted by molar-refractivity contribution is -0.181. The second kappa shape index (κ2) is 12.7. The van der Waals surface area contributed by atoms with Crippen molar-refractivity contribution in [3.8, 4) is 11.5 Å². The maximum Gasteiger partial charge on any atom is 0.306 e. The fourth-order valence-electron chi connectivity index (χ4n) is 8.81. The molecule has 3 N–H and O–H groups in total.